The highest BCUT2D eigenvalue weighted by Crippen LogP contribution is 2.24. The molecule has 86 valence electrons. The SMILES string of the molecule is CC(N)CCCc1nc2ccc(F)cc2s1. The summed E-state index contributed by atoms with van der Waals surface area (Å²) >= 11 is 1.57. The second-order valence-corrected chi connectivity index (χ2v) is 5.20. The largest absolute Gasteiger partial charge is 0.328 e. The first kappa shape index (κ1) is 11.5. The van der Waals surface area contributed by atoms with Crippen LogP contribution in [0.15, 0.2) is 18.2 Å². The number of hydrogen-bond acceptors (Lipinski definition) is 3. The predicted octanol–water partition coefficient (Wildman–Crippen LogP) is 3.11. The monoisotopic (exact) mass is 238 g/mol. The van der Waals surface area contributed by atoms with Gasteiger partial charge in [-0.2, -0.15) is 0 Å². The fourth-order valence-corrected chi connectivity index (χ4v) is 2.66. The molecule has 2 N–H and O–H groups in total. The first-order chi connectivity index (χ1) is 7.65. The molecule has 2 aromatic rings. The smallest absolute Gasteiger partial charge is 0.124 e. The molecule has 1 unspecified atom stereocenters. The summed E-state index contributed by atoms with van der Waals surface area (Å²) in [6.07, 6.45) is 2.98. The Morgan fingerprint density at radius 2 is 2.31 bits per heavy atom. The van der Waals surface area contributed by atoms with Crippen LogP contribution in [0.4, 0.5) is 4.39 Å². The van der Waals surface area contributed by atoms with E-state index in [9.17, 15) is 4.39 Å². The molecule has 0 aliphatic heterocycles. The van der Waals surface area contributed by atoms with E-state index in [2.05, 4.69) is 4.98 Å². The lowest BCUT2D eigenvalue weighted by atomic mass is 10.1. The van der Waals surface area contributed by atoms with E-state index >= 15 is 0 Å². The molecule has 0 saturated carbocycles. The van der Waals surface area contributed by atoms with Gasteiger partial charge in [0, 0.05) is 6.04 Å². The summed E-state index contributed by atoms with van der Waals surface area (Å²) in [5.41, 5.74) is 6.58. The fourth-order valence-electron chi connectivity index (χ4n) is 1.63. The minimum absolute atomic E-state index is 0.196. The summed E-state index contributed by atoms with van der Waals surface area (Å²) in [6, 6.07) is 4.97. The normalized spacial score (nSPS) is 13.2. The summed E-state index contributed by atoms with van der Waals surface area (Å²) in [7, 11) is 0. The molecular formula is C12H15FN2S. The highest BCUT2D eigenvalue weighted by Gasteiger charge is 2.05. The Hall–Kier alpha value is -1.000. The molecule has 0 aliphatic rings. The van der Waals surface area contributed by atoms with Crippen LogP contribution in [0, 0.1) is 5.82 Å². The van der Waals surface area contributed by atoms with E-state index in [0.29, 0.717) is 0 Å². The number of nitrogens with zero attached hydrogens (tertiary/aromatic N) is 1. The summed E-state index contributed by atoms with van der Waals surface area (Å²) in [5.74, 6) is -0.196. The molecule has 0 fully saturated rings. The lowest BCUT2D eigenvalue weighted by molar-refractivity contribution is 0.623. The number of halogens is 1. The number of hydrogen-bond donors (Lipinski definition) is 1. The standard InChI is InChI=1S/C12H15FN2S/c1-8(14)3-2-4-12-15-10-6-5-9(13)7-11(10)16-12/h5-8H,2-4,14H2,1H3. The maximum atomic E-state index is 13.0. The number of fused-ring (bicyclic) bond motifs is 1. The van der Waals surface area contributed by atoms with E-state index in [4.69, 9.17) is 5.73 Å². The van der Waals surface area contributed by atoms with E-state index in [0.717, 1.165) is 34.5 Å². The molecule has 0 saturated heterocycles. The third kappa shape index (κ3) is 2.77. The average molecular weight is 238 g/mol. The molecule has 0 amide bonds. The molecule has 4 heteroatoms. The Bertz CT molecular complexity index is 479. The van der Waals surface area contributed by atoms with Gasteiger partial charge in [0.15, 0.2) is 0 Å². The first-order valence-corrected chi connectivity index (χ1v) is 6.27. The topological polar surface area (TPSA) is 38.9 Å². The molecule has 1 atom stereocenters. The number of rotatable bonds is 4. The zero-order chi connectivity index (χ0) is 11.5. The van der Waals surface area contributed by atoms with Gasteiger partial charge in [0.1, 0.15) is 5.82 Å². The molecule has 2 rings (SSSR count). The summed E-state index contributed by atoms with van der Waals surface area (Å²) in [6.45, 7) is 2.01. The van der Waals surface area contributed by atoms with Gasteiger partial charge in [-0.3, -0.25) is 0 Å². The van der Waals surface area contributed by atoms with Crippen molar-refractivity contribution in [3.05, 3.63) is 29.0 Å². The van der Waals surface area contributed by atoms with Crippen molar-refractivity contribution in [2.45, 2.75) is 32.2 Å². The van der Waals surface area contributed by atoms with Gasteiger partial charge in [-0.25, -0.2) is 9.37 Å². The molecule has 16 heavy (non-hydrogen) atoms. The minimum atomic E-state index is -0.196. The second kappa shape index (κ2) is 4.89. The van der Waals surface area contributed by atoms with Crippen molar-refractivity contribution in [3.63, 3.8) is 0 Å². The highest BCUT2D eigenvalue weighted by atomic mass is 32.1. The average Bonchev–Trinajstić information content (AvgIpc) is 2.58. The molecule has 0 radical (unpaired) electrons. The number of aromatic nitrogens is 1. The van der Waals surface area contributed by atoms with Crippen LogP contribution in [0.3, 0.4) is 0 Å². The van der Waals surface area contributed by atoms with Gasteiger partial charge in [-0.1, -0.05) is 0 Å². The molecule has 0 spiro atoms. The molecule has 0 bridgehead atoms. The Balaban J connectivity index is 2.08. The van der Waals surface area contributed by atoms with Crippen LogP contribution < -0.4 is 5.73 Å². The third-order valence-corrected chi connectivity index (χ3v) is 3.52. The van der Waals surface area contributed by atoms with Gasteiger partial charge in [0.2, 0.25) is 0 Å². The predicted molar refractivity (Wildman–Crippen MR) is 66.2 cm³/mol. The zero-order valence-electron chi connectivity index (χ0n) is 9.24. The Morgan fingerprint density at radius 3 is 3.06 bits per heavy atom. The molecule has 1 heterocycles. The second-order valence-electron chi connectivity index (χ2n) is 4.09. The van der Waals surface area contributed by atoms with Crippen LogP contribution in [0.25, 0.3) is 10.2 Å². The van der Waals surface area contributed by atoms with Crippen molar-refractivity contribution in [2.75, 3.05) is 0 Å². The van der Waals surface area contributed by atoms with Crippen molar-refractivity contribution in [3.8, 4) is 0 Å². The molecule has 1 aromatic heterocycles. The lowest BCUT2D eigenvalue weighted by Gasteiger charge is -2.01. The van der Waals surface area contributed by atoms with Crippen molar-refractivity contribution in [1.82, 2.24) is 4.98 Å². The van der Waals surface area contributed by atoms with Gasteiger partial charge in [-0.05, 0) is 44.4 Å². The number of nitrogens with two attached hydrogens (primary N) is 1. The van der Waals surface area contributed by atoms with Crippen molar-refractivity contribution < 1.29 is 4.39 Å². The van der Waals surface area contributed by atoms with Gasteiger partial charge >= 0.3 is 0 Å². The van der Waals surface area contributed by atoms with Crippen LogP contribution in [0.2, 0.25) is 0 Å². The zero-order valence-corrected chi connectivity index (χ0v) is 10.1. The van der Waals surface area contributed by atoms with Crippen molar-refractivity contribution in [2.24, 2.45) is 5.73 Å². The van der Waals surface area contributed by atoms with Crippen LogP contribution in [0.5, 0.6) is 0 Å². The minimum Gasteiger partial charge on any atom is -0.328 e. The van der Waals surface area contributed by atoms with Gasteiger partial charge in [0.25, 0.3) is 0 Å². The first-order valence-electron chi connectivity index (χ1n) is 5.45. The fraction of sp³-hybridized carbons (Fsp3) is 0.417. The maximum Gasteiger partial charge on any atom is 0.124 e. The summed E-state index contributed by atoms with van der Waals surface area (Å²) in [5, 5.41) is 1.07. The maximum absolute atomic E-state index is 13.0. The Labute approximate surface area is 98.3 Å². The van der Waals surface area contributed by atoms with Crippen LogP contribution in [-0.4, -0.2) is 11.0 Å². The Kier molecular flexibility index (Phi) is 3.51. The molecule has 0 aliphatic carbocycles. The third-order valence-electron chi connectivity index (χ3n) is 2.44. The van der Waals surface area contributed by atoms with Gasteiger partial charge in [0.05, 0.1) is 15.2 Å². The van der Waals surface area contributed by atoms with Crippen LogP contribution in [0.1, 0.15) is 24.8 Å². The molecule has 2 nitrogen and oxygen atoms in total. The highest BCUT2D eigenvalue weighted by molar-refractivity contribution is 7.18. The quantitative estimate of drug-likeness (QED) is 0.889. The van der Waals surface area contributed by atoms with E-state index in [1.807, 2.05) is 6.92 Å². The molecular weight excluding hydrogens is 223 g/mol. The summed E-state index contributed by atoms with van der Waals surface area (Å²) in [4.78, 5) is 4.46. The lowest BCUT2D eigenvalue weighted by Crippen LogP contribution is -2.14. The van der Waals surface area contributed by atoms with Crippen molar-refractivity contribution >= 4 is 21.6 Å². The summed E-state index contributed by atoms with van der Waals surface area (Å²) < 4.78 is 13.9. The number of thiazole rings is 1. The van der Waals surface area contributed by atoms with Crippen LogP contribution in [-0.2, 0) is 6.42 Å². The van der Waals surface area contributed by atoms with Crippen molar-refractivity contribution in [1.29, 1.82) is 0 Å². The van der Waals surface area contributed by atoms with E-state index in [-0.39, 0.29) is 11.9 Å². The van der Waals surface area contributed by atoms with Gasteiger partial charge in [-0.15, -0.1) is 11.3 Å². The van der Waals surface area contributed by atoms with Gasteiger partial charge < -0.3 is 5.73 Å². The van der Waals surface area contributed by atoms with Crippen LogP contribution >= 0.6 is 11.3 Å². The van der Waals surface area contributed by atoms with E-state index in [1.165, 1.54) is 6.07 Å². The number of benzene rings is 1. The Morgan fingerprint density at radius 1 is 1.50 bits per heavy atom. The van der Waals surface area contributed by atoms with E-state index < -0.39 is 0 Å². The number of aryl methyl sites for hydroxylation is 1. The molecule has 1 aromatic carbocycles. The van der Waals surface area contributed by atoms with E-state index in [1.54, 1.807) is 23.5 Å².